The average molecular weight is 521 g/mol. The Morgan fingerprint density at radius 1 is 1.18 bits per heavy atom. The van der Waals surface area contributed by atoms with E-state index in [-0.39, 0.29) is 17.9 Å². The second-order valence-electron chi connectivity index (χ2n) is 10.8. The number of nitrogens with one attached hydrogen (secondary N) is 3. The smallest absolute Gasteiger partial charge is 0.319 e. The van der Waals surface area contributed by atoms with Crippen LogP contribution in [0.5, 0.6) is 0 Å². The van der Waals surface area contributed by atoms with E-state index < -0.39 is 0 Å². The third-order valence-corrected chi connectivity index (χ3v) is 7.69. The van der Waals surface area contributed by atoms with Gasteiger partial charge in [-0.1, -0.05) is 12.1 Å². The molecule has 0 radical (unpaired) electrons. The summed E-state index contributed by atoms with van der Waals surface area (Å²) in [5.41, 5.74) is 3.77. The molecule has 3 N–H and O–H groups in total. The van der Waals surface area contributed by atoms with Crippen molar-refractivity contribution in [2.75, 3.05) is 38.0 Å². The number of aromatic nitrogens is 4. The first-order valence-corrected chi connectivity index (χ1v) is 13.5. The predicted octanol–water partition coefficient (Wildman–Crippen LogP) is 3.38. The van der Waals surface area contributed by atoms with E-state index in [1.807, 2.05) is 37.3 Å². The number of nitrogens with zero attached hydrogens (tertiary/aromatic N) is 5. The maximum absolute atomic E-state index is 13.3. The van der Waals surface area contributed by atoms with Crippen LogP contribution in [0.2, 0.25) is 0 Å². The molecule has 0 bridgehead atoms. The Bertz CT molecular complexity index is 1230. The number of piperidine rings is 2. The topological polar surface area (TPSA) is 100 Å². The van der Waals surface area contributed by atoms with Crippen LogP contribution in [0, 0.1) is 24.6 Å². The molecule has 2 fully saturated rings. The van der Waals surface area contributed by atoms with E-state index in [1.54, 1.807) is 23.9 Å². The molecule has 0 aliphatic carbocycles. The maximum atomic E-state index is 13.3. The summed E-state index contributed by atoms with van der Waals surface area (Å²) in [6, 6.07) is 12.6. The van der Waals surface area contributed by atoms with Gasteiger partial charge in [0.15, 0.2) is 5.82 Å². The van der Waals surface area contributed by atoms with Gasteiger partial charge in [0.2, 0.25) is 0 Å². The molecule has 3 heterocycles. The summed E-state index contributed by atoms with van der Waals surface area (Å²) in [5.74, 6) is 1.42. The van der Waals surface area contributed by atoms with Crippen molar-refractivity contribution in [3.05, 3.63) is 59.4 Å². The first-order chi connectivity index (χ1) is 18.4. The Labute approximate surface area is 223 Å². The van der Waals surface area contributed by atoms with Crippen molar-refractivity contribution >= 4 is 11.7 Å². The number of hydrogen-bond donors (Lipinski definition) is 3. The predicted molar refractivity (Wildman–Crippen MR) is 145 cm³/mol. The number of carbonyl (C=O) groups excluding carboxylic acids is 1. The molecular weight excluding hydrogens is 483 g/mol. The number of halogens is 1. The second-order valence-corrected chi connectivity index (χ2v) is 10.8. The molecule has 1 unspecified atom stereocenters. The van der Waals surface area contributed by atoms with Crippen LogP contribution in [0.1, 0.15) is 30.4 Å². The number of hydrogen-bond acceptors (Lipinski definition) is 6. The SMILES string of the molecule is Cc1cc(NC(=O)N[C@H]2CNCC[C@H]2CN2CCCC(Cc3ccc(F)cc3)C2)cc(-c2nnnn2C)c1. The quantitative estimate of drug-likeness (QED) is 0.442. The van der Waals surface area contributed by atoms with Gasteiger partial charge < -0.3 is 20.9 Å². The van der Waals surface area contributed by atoms with Crippen LogP contribution in [0.3, 0.4) is 0 Å². The number of benzene rings is 2. The van der Waals surface area contributed by atoms with E-state index in [1.165, 1.54) is 18.4 Å². The lowest BCUT2D eigenvalue weighted by Crippen LogP contribution is -2.55. The molecular formula is C28H37FN8O. The summed E-state index contributed by atoms with van der Waals surface area (Å²) in [4.78, 5) is 15.6. The second kappa shape index (κ2) is 12.0. The molecule has 10 heteroatoms. The number of aryl methyl sites for hydroxylation is 2. The van der Waals surface area contributed by atoms with E-state index in [0.29, 0.717) is 23.3 Å². The molecule has 2 aliphatic heterocycles. The fourth-order valence-electron chi connectivity index (χ4n) is 5.86. The van der Waals surface area contributed by atoms with Crippen molar-refractivity contribution in [2.24, 2.45) is 18.9 Å². The van der Waals surface area contributed by atoms with Crippen LogP contribution in [0.25, 0.3) is 11.4 Å². The summed E-state index contributed by atoms with van der Waals surface area (Å²) in [6.45, 7) is 6.81. The third kappa shape index (κ3) is 6.73. The normalized spacial score (nSPS) is 22.2. The van der Waals surface area contributed by atoms with Crippen LogP contribution in [0.4, 0.5) is 14.9 Å². The molecule has 2 amide bonds. The van der Waals surface area contributed by atoms with Crippen molar-refractivity contribution in [1.29, 1.82) is 0 Å². The van der Waals surface area contributed by atoms with E-state index >= 15 is 0 Å². The van der Waals surface area contributed by atoms with Gasteiger partial charge in [-0.05, 0) is 109 Å². The highest BCUT2D eigenvalue weighted by molar-refractivity contribution is 5.90. The number of amides is 2. The van der Waals surface area contributed by atoms with Crippen LogP contribution >= 0.6 is 0 Å². The van der Waals surface area contributed by atoms with Gasteiger partial charge in [-0.3, -0.25) is 0 Å². The zero-order valence-corrected chi connectivity index (χ0v) is 22.2. The number of likely N-dealkylation sites (tertiary alicyclic amines) is 1. The summed E-state index contributed by atoms with van der Waals surface area (Å²) in [6.07, 6.45) is 4.38. The van der Waals surface area contributed by atoms with Gasteiger partial charge >= 0.3 is 6.03 Å². The molecule has 1 aromatic heterocycles. The van der Waals surface area contributed by atoms with Gasteiger partial charge in [0.25, 0.3) is 0 Å². The van der Waals surface area contributed by atoms with Crippen molar-refractivity contribution in [2.45, 2.75) is 38.6 Å². The lowest BCUT2D eigenvalue weighted by Gasteiger charge is -2.39. The standard InChI is InChI=1S/C28H37FN8O/c1-19-12-23(27-33-34-35-36(27)2)15-25(13-19)31-28(38)32-26-16-30-10-9-22(26)18-37-11-3-4-21(17-37)14-20-5-7-24(29)8-6-20/h5-8,12-13,15,21-22,26,30H,3-4,9-11,14,16-18H2,1-2H3,(H2,31,32,38)/t21?,22-,26-/m0/s1. The minimum atomic E-state index is -0.204. The zero-order valence-electron chi connectivity index (χ0n) is 22.2. The molecule has 0 spiro atoms. The molecule has 5 rings (SSSR count). The highest BCUT2D eigenvalue weighted by atomic mass is 19.1. The van der Waals surface area contributed by atoms with Crippen molar-refractivity contribution in [3.63, 3.8) is 0 Å². The minimum absolute atomic E-state index is 0.0495. The largest absolute Gasteiger partial charge is 0.334 e. The summed E-state index contributed by atoms with van der Waals surface area (Å²) < 4.78 is 14.9. The van der Waals surface area contributed by atoms with E-state index in [0.717, 1.165) is 56.7 Å². The van der Waals surface area contributed by atoms with Gasteiger partial charge in [-0.15, -0.1) is 5.10 Å². The van der Waals surface area contributed by atoms with Gasteiger partial charge in [-0.25, -0.2) is 13.9 Å². The maximum Gasteiger partial charge on any atom is 0.319 e. The molecule has 0 saturated carbocycles. The van der Waals surface area contributed by atoms with Gasteiger partial charge in [0.1, 0.15) is 5.82 Å². The molecule has 9 nitrogen and oxygen atoms in total. The fourth-order valence-corrected chi connectivity index (χ4v) is 5.86. The third-order valence-electron chi connectivity index (χ3n) is 7.69. The number of rotatable bonds is 7. The lowest BCUT2D eigenvalue weighted by atomic mass is 9.88. The van der Waals surface area contributed by atoms with E-state index in [4.69, 9.17) is 0 Å². The summed E-state index contributed by atoms with van der Waals surface area (Å²) >= 11 is 0. The first-order valence-electron chi connectivity index (χ1n) is 13.5. The average Bonchev–Trinajstić information content (AvgIpc) is 3.32. The molecule has 3 aromatic rings. The highest BCUT2D eigenvalue weighted by Gasteiger charge is 2.30. The molecule has 2 saturated heterocycles. The van der Waals surface area contributed by atoms with Gasteiger partial charge in [0, 0.05) is 44.0 Å². The van der Waals surface area contributed by atoms with Crippen LogP contribution < -0.4 is 16.0 Å². The first kappa shape index (κ1) is 26.2. The van der Waals surface area contributed by atoms with Gasteiger partial charge in [-0.2, -0.15) is 0 Å². The highest BCUT2D eigenvalue weighted by Crippen LogP contribution is 2.25. The van der Waals surface area contributed by atoms with E-state index in [9.17, 15) is 9.18 Å². The van der Waals surface area contributed by atoms with Crippen LogP contribution in [-0.2, 0) is 13.5 Å². The Kier molecular flexibility index (Phi) is 8.29. The number of tetrazole rings is 1. The Balaban J connectivity index is 1.17. The molecule has 38 heavy (non-hydrogen) atoms. The monoisotopic (exact) mass is 520 g/mol. The molecule has 2 aromatic carbocycles. The molecule has 202 valence electrons. The van der Waals surface area contributed by atoms with Crippen molar-refractivity contribution in [3.8, 4) is 11.4 Å². The molecule has 2 aliphatic rings. The van der Waals surface area contributed by atoms with Crippen molar-refractivity contribution < 1.29 is 9.18 Å². The van der Waals surface area contributed by atoms with Crippen LogP contribution in [-0.4, -0.2) is 69.9 Å². The number of carbonyl (C=O) groups is 1. The number of anilines is 1. The minimum Gasteiger partial charge on any atom is -0.334 e. The zero-order chi connectivity index (χ0) is 26.5. The summed E-state index contributed by atoms with van der Waals surface area (Å²) in [7, 11) is 1.79. The fraction of sp³-hybridized carbons (Fsp3) is 0.500. The van der Waals surface area contributed by atoms with Gasteiger partial charge in [0.05, 0.1) is 0 Å². The Hall–Kier alpha value is -3.37. The lowest BCUT2D eigenvalue weighted by molar-refractivity contribution is 0.126. The Morgan fingerprint density at radius 2 is 2.03 bits per heavy atom. The molecule has 3 atom stereocenters. The van der Waals surface area contributed by atoms with Crippen molar-refractivity contribution in [1.82, 2.24) is 35.7 Å². The van der Waals surface area contributed by atoms with E-state index in [2.05, 4.69) is 36.4 Å². The van der Waals surface area contributed by atoms with Crippen LogP contribution in [0.15, 0.2) is 42.5 Å². The summed E-state index contributed by atoms with van der Waals surface area (Å²) in [5, 5.41) is 21.4. The Morgan fingerprint density at radius 3 is 2.82 bits per heavy atom. The number of urea groups is 1.